The molecule has 0 spiro atoms. The van der Waals surface area contributed by atoms with Crippen molar-refractivity contribution < 1.29 is 0 Å². The molecule has 4 N–H and O–H groups in total. The molecule has 0 radical (unpaired) electrons. The summed E-state index contributed by atoms with van der Waals surface area (Å²) in [5.41, 5.74) is 14.2. The first kappa shape index (κ1) is 9.86. The molecule has 0 aliphatic rings. The smallest absolute Gasteiger partial charge is 0.0364 e. The molecule has 0 aliphatic carbocycles. The number of benzene rings is 1. The van der Waals surface area contributed by atoms with Crippen molar-refractivity contribution in [3.63, 3.8) is 0 Å². The van der Waals surface area contributed by atoms with Gasteiger partial charge in [0, 0.05) is 17.4 Å². The lowest BCUT2D eigenvalue weighted by Gasteiger charge is -2.21. The predicted molar refractivity (Wildman–Crippen MR) is 57.4 cm³/mol. The second kappa shape index (κ2) is 3.66. The number of rotatable bonds is 2. The Bertz CT molecular complexity index is 294. The van der Waals surface area contributed by atoms with Gasteiger partial charge in [-0.3, -0.25) is 0 Å². The molecule has 1 aromatic rings. The van der Waals surface area contributed by atoms with E-state index in [1.807, 2.05) is 32.3 Å². The number of hydrogen-bond acceptors (Lipinski definition) is 3. The monoisotopic (exact) mass is 179 g/mol. The van der Waals surface area contributed by atoms with E-state index in [9.17, 15) is 0 Å². The third-order valence-electron chi connectivity index (χ3n) is 2.34. The van der Waals surface area contributed by atoms with Gasteiger partial charge in [-0.25, -0.2) is 0 Å². The Morgan fingerprint density at radius 3 is 2.38 bits per heavy atom. The lowest BCUT2D eigenvalue weighted by atomic mass is 10.0. The van der Waals surface area contributed by atoms with Crippen LogP contribution in [0.1, 0.15) is 18.5 Å². The van der Waals surface area contributed by atoms with Crippen molar-refractivity contribution in [1.82, 2.24) is 4.90 Å². The molecule has 1 atom stereocenters. The standard InChI is InChI=1S/C10H17N3/c1-7(13(2)3)9-6-8(11)4-5-10(9)12/h4-7H,11-12H2,1-3H3. The highest BCUT2D eigenvalue weighted by Gasteiger charge is 2.10. The van der Waals surface area contributed by atoms with Gasteiger partial charge in [0.05, 0.1) is 0 Å². The number of hydrogen-bond donors (Lipinski definition) is 2. The van der Waals surface area contributed by atoms with Gasteiger partial charge in [-0.05, 0) is 44.8 Å². The molecule has 0 fully saturated rings. The number of nitrogen functional groups attached to an aromatic ring is 2. The lowest BCUT2D eigenvalue weighted by Crippen LogP contribution is -2.18. The van der Waals surface area contributed by atoms with Gasteiger partial charge in [0.1, 0.15) is 0 Å². The Kier molecular flexibility index (Phi) is 2.78. The molecule has 3 nitrogen and oxygen atoms in total. The SMILES string of the molecule is CC(c1cc(N)ccc1N)N(C)C. The minimum Gasteiger partial charge on any atom is -0.399 e. The molecule has 1 unspecified atom stereocenters. The zero-order valence-electron chi connectivity index (χ0n) is 8.41. The second-order valence-electron chi connectivity index (χ2n) is 3.53. The van der Waals surface area contributed by atoms with Gasteiger partial charge in [0.2, 0.25) is 0 Å². The van der Waals surface area contributed by atoms with Crippen LogP contribution >= 0.6 is 0 Å². The first-order valence-corrected chi connectivity index (χ1v) is 4.33. The summed E-state index contributed by atoms with van der Waals surface area (Å²) in [6.07, 6.45) is 0. The van der Waals surface area contributed by atoms with Gasteiger partial charge in [-0.2, -0.15) is 0 Å². The maximum atomic E-state index is 5.85. The fourth-order valence-corrected chi connectivity index (χ4v) is 1.23. The fraction of sp³-hybridized carbons (Fsp3) is 0.400. The van der Waals surface area contributed by atoms with Crippen LogP contribution in [0.3, 0.4) is 0 Å². The average Bonchev–Trinajstić information content (AvgIpc) is 2.08. The molecule has 0 saturated heterocycles. The Labute approximate surface area is 79.3 Å². The molecule has 0 heterocycles. The van der Waals surface area contributed by atoms with Crippen LogP contribution in [0, 0.1) is 0 Å². The van der Waals surface area contributed by atoms with E-state index in [-0.39, 0.29) is 0 Å². The van der Waals surface area contributed by atoms with Gasteiger partial charge < -0.3 is 16.4 Å². The van der Waals surface area contributed by atoms with Crippen LogP contribution in [0.15, 0.2) is 18.2 Å². The first-order valence-electron chi connectivity index (χ1n) is 4.33. The van der Waals surface area contributed by atoms with Crippen molar-refractivity contribution in [3.05, 3.63) is 23.8 Å². The van der Waals surface area contributed by atoms with Crippen LogP contribution < -0.4 is 11.5 Å². The van der Waals surface area contributed by atoms with Gasteiger partial charge in [-0.15, -0.1) is 0 Å². The van der Waals surface area contributed by atoms with Crippen LogP contribution in [0.25, 0.3) is 0 Å². The molecule has 0 amide bonds. The summed E-state index contributed by atoms with van der Waals surface area (Å²) in [5.74, 6) is 0. The summed E-state index contributed by atoms with van der Waals surface area (Å²) in [5, 5.41) is 0. The largest absolute Gasteiger partial charge is 0.399 e. The minimum absolute atomic E-state index is 0.295. The quantitative estimate of drug-likeness (QED) is 0.676. The summed E-state index contributed by atoms with van der Waals surface area (Å²) < 4.78 is 0. The van der Waals surface area contributed by atoms with Crippen molar-refractivity contribution in [1.29, 1.82) is 0 Å². The first-order chi connectivity index (χ1) is 6.02. The second-order valence-corrected chi connectivity index (χ2v) is 3.53. The summed E-state index contributed by atoms with van der Waals surface area (Å²) in [7, 11) is 4.04. The van der Waals surface area contributed by atoms with Crippen molar-refractivity contribution in [3.8, 4) is 0 Å². The van der Waals surface area contributed by atoms with Gasteiger partial charge in [0.15, 0.2) is 0 Å². The Morgan fingerprint density at radius 1 is 1.23 bits per heavy atom. The average molecular weight is 179 g/mol. The number of anilines is 2. The Morgan fingerprint density at radius 2 is 1.85 bits per heavy atom. The van der Waals surface area contributed by atoms with Crippen LogP contribution in [-0.2, 0) is 0 Å². The molecular formula is C10H17N3. The van der Waals surface area contributed by atoms with Gasteiger partial charge in [-0.1, -0.05) is 0 Å². The topological polar surface area (TPSA) is 55.3 Å². The predicted octanol–water partition coefficient (Wildman–Crippen LogP) is 1.47. The van der Waals surface area contributed by atoms with E-state index in [4.69, 9.17) is 11.5 Å². The number of nitrogens with two attached hydrogens (primary N) is 2. The minimum atomic E-state index is 0.295. The molecule has 72 valence electrons. The van der Waals surface area contributed by atoms with Crippen molar-refractivity contribution in [2.24, 2.45) is 0 Å². The van der Waals surface area contributed by atoms with Crippen LogP contribution in [0.2, 0.25) is 0 Å². The summed E-state index contributed by atoms with van der Waals surface area (Å²) in [6.45, 7) is 2.10. The number of nitrogens with zero attached hydrogens (tertiary/aromatic N) is 1. The molecule has 0 aliphatic heterocycles. The molecule has 0 bridgehead atoms. The molecule has 3 heteroatoms. The molecular weight excluding hydrogens is 162 g/mol. The molecule has 1 rings (SSSR count). The van der Waals surface area contributed by atoms with Gasteiger partial charge >= 0.3 is 0 Å². The summed E-state index contributed by atoms with van der Waals surface area (Å²) >= 11 is 0. The highest BCUT2D eigenvalue weighted by atomic mass is 15.1. The third kappa shape index (κ3) is 2.12. The normalized spacial score (nSPS) is 13.2. The molecule has 1 aromatic carbocycles. The van der Waals surface area contributed by atoms with Crippen LogP contribution in [0.5, 0.6) is 0 Å². The van der Waals surface area contributed by atoms with E-state index in [0.717, 1.165) is 16.9 Å². The Hall–Kier alpha value is -1.22. The van der Waals surface area contributed by atoms with Gasteiger partial charge in [0.25, 0.3) is 0 Å². The van der Waals surface area contributed by atoms with E-state index in [2.05, 4.69) is 11.8 Å². The van der Waals surface area contributed by atoms with Crippen molar-refractivity contribution in [2.75, 3.05) is 25.6 Å². The maximum Gasteiger partial charge on any atom is 0.0364 e. The Balaban J connectivity index is 3.05. The zero-order valence-corrected chi connectivity index (χ0v) is 8.41. The zero-order chi connectivity index (χ0) is 10.0. The molecule has 0 aromatic heterocycles. The maximum absolute atomic E-state index is 5.85. The molecule has 0 saturated carbocycles. The third-order valence-corrected chi connectivity index (χ3v) is 2.34. The van der Waals surface area contributed by atoms with Crippen LogP contribution in [-0.4, -0.2) is 19.0 Å². The fourth-order valence-electron chi connectivity index (χ4n) is 1.23. The summed E-state index contributed by atoms with van der Waals surface area (Å²) in [4.78, 5) is 2.10. The van der Waals surface area contributed by atoms with Crippen molar-refractivity contribution >= 4 is 11.4 Å². The van der Waals surface area contributed by atoms with E-state index in [0.29, 0.717) is 6.04 Å². The van der Waals surface area contributed by atoms with E-state index in [1.54, 1.807) is 0 Å². The van der Waals surface area contributed by atoms with E-state index >= 15 is 0 Å². The highest BCUT2D eigenvalue weighted by molar-refractivity contribution is 5.56. The molecule has 13 heavy (non-hydrogen) atoms. The highest BCUT2D eigenvalue weighted by Crippen LogP contribution is 2.25. The van der Waals surface area contributed by atoms with E-state index < -0.39 is 0 Å². The van der Waals surface area contributed by atoms with E-state index in [1.165, 1.54) is 0 Å². The summed E-state index contributed by atoms with van der Waals surface area (Å²) in [6, 6.07) is 5.90. The van der Waals surface area contributed by atoms with Crippen molar-refractivity contribution in [2.45, 2.75) is 13.0 Å². The lowest BCUT2D eigenvalue weighted by molar-refractivity contribution is 0.322. The van der Waals surface area contributed by atoms with Crippen LogP contribution in [0.4, 0.5) is 11.4 Å².